The summed E-state index contributed by atoms with van der Waals surface area (Å²) in [7, 11) is 0. The van der Waals surface area contributed by atoms with E-state index in [0.29, 0.717) is 6.07 Å². The number of rotatable bonds is 3. The van der Waals surface area contributed by atoms with Gasteiger partial charge in [-0.05, 0) is 6.07 Å². The average Bonchev–Trinajstić information content (AvgIpc) is 2.70. The Morgan fingerprint density at radius 1 is 1.38 bits per heavy atom. The number of hydrogen-bond donors (Lipinski definition) is 1. The maximum Gasteiger partial charge on any atom is 0.437 e. The van der Waals surface area contributed by atoms with Crippen LogP contribution in [0.1, 0.15) is 38.3 Å². The van der Waals surface area contributed by atoms with Crippen LogP contribution in [0.25, 0.3) is 0 Å². The van der Waals surface area contributed by atoms with Gasteiger partial charge in [-0.1, -0.05) is 26.8 Å². The Balaban J connectivity index is 2.26. The molecule has 0 aliphatic rings. The number of hydrogen-bond acceptors (Lipinski definition) is 4. The quantitative estimate of drug-likeness (QED) is 0.942. The predicted molar refractivity (Wildman–Crippen MR) is 70.8 cm³/mol. The molecule has 0 aliphatic heterocycles. The van der Waals surface area contributed by atoms with E-state index in [1.165, 1.54) is 0 Å². The lowest BCUT2D eigenvalue weighted by Gasteiger charge is -2.12. The number of benzene rings is 1. The van der Waals surface area contributed by atoms with Crippen LogP contribution in [0.2, 0.25) is 0 Å². The van der Waals surface area contributed by atoms with Crippen molar-refractivity contribution in [2.75, 3.05) is 0 Å². The van der Waals surface area contributed by atoms with Crippen LogP contribution >= 0.6 is 0 Å². The minimum atomic E-state index is -1.33. The second-order valence-electron chi connectivity index (χ2n) is 5.79. The average molecular weight is 298 g/mol. The first-order valence-electron chi connectivity index (χ1n) is 6.40. The molecule has 2 aromatic rings. The SMILES string of the molecule is CC(C)(C)c1nn(CC(O)c2ccc(F)cc2F)c(=O)o1. The highest BCUT2D eigenvalue weighted by molar-refractivity contribution is 5.20. The molecule has 0 bridgehead atoms. The van der Waals surface area contributed by atoms with Gasteiger partial charge in [0.1, 0.15) is 17.7 Å². The summed E-state index contributed by atoms with van der Waals surface area (Å²) in [5.74, 6) is -2.13. The summed E-state index contributed by atoms with van der Waals surface area (Å²) in [5.41, 5.74) is -0.570. The summed E-state index contributed by atoms with van der Waals surface area (Å²) in [6.07, 6.45) is -1.33. The highest BCUT2D eigenvalue weighted by atomic mass is 19.1. The van der Waals surface area contributed by atoms with E-state index in [-0.39, 0.29) is 18.0 Å². The smallest absolute Gasteiger partial charge is 0.392 e. The summed E-state index contributed by atoms with van der Waals surface area (Å²) >= 11 is 0. The number of aromatic nitrogens is 2. The summed E-state index contributed by atoms with van der Waals surface area (Å²) < 4.78 is 32.3. The van der Waals surface area contributed by atoms with Crippen molar-refractivity contribution in [1.82, 2.24) is 9.78 Å². The molecule has 0 saturated carbocycles. The molecule has 5 nitrogen and oxygen atoms in total. The van der Waals surface area contributed by atoms with Gasteiger partial charge in [-0.3, -0.25) is 0 Å². The monoisotopic (exact) mass is 298 g/mol. The molecule has 0 radical (unpaired) electrons. The summed E-state index contributed by atoms with van der Waals surface area (Å²) in [5, 5.41) is 14.0. The lowest BCUT2D eigenvalue weighted by Crippen LogP contribution is -2.21. The molecule has 1 N–H and O–H groups in total. The van der Waals surface area contributed by atoms with Crippen molar-refractivity contribution in [3.05, 3.63) is 51.8 Å². The van der Waals surface area contributed by atoms with Crippen LogP contribution in [0.3, 0.4) is 0 Å². The minimum absolute atomic E-state index is 0.108. The summed E-state index contributed by atoms with van der Waals surface area (Å²) in [6, 6.07) is 2.84. The third-order valence-electron chi connectivity index (χ3n) is 2.92. The van der Waals surface area contributed by atoms with Crippen molar-refractivity contribution >= 4 is 0 Å². The highest BCUT2D eigenvalue weighted by Gasteiger charge is 2.24. The zero-order valence-corrected chi connectivity index (χ0v) is 11.9. The van der Waals surface area contributed by atoms with E-state index in [0.717, 1.165) is 16.8 Å². The van der Waals surface area contributed by atoms with E-state index >= 15 is 0 Å². The van der Waals surface area contributed by atoms with Crippen LogP contribution < -0.4 is 5.76 Å². The third-order valence-corrected chi connectivity index (χ3v) is 2.92. The maximum absolute atomic E-state index is 13.6. The van der Waals surface area contributed by atoms with Crippen LogP contribution in [0.15, 0.2) is 27.4 Å². The van der Waals surface area contributed by atoms with Gasteiger partial charge in [-0.2, -0.15) is 4.68 Å². The normalized spacial score (nSPS) is 13.4. The van der Waals surface area contributed by atoms with Gasteiger partial charge in [0, 0.05) is 17.0 Å². The number of halogens is 2. The van der Waals surface area contributed by atoms with E-state index in [1.54, 1.807) is 0 Å². The molecule has 1 unspecified atom stereocenters. The molecule has 0 saturated heterocycles. The molecule has 0 fully saturated rings. The predicted octanol–water partition coefficient (Wildman–Crippen LogP) is 2.15. The molecule has 21 heavy (non-hydrogen) atoms. The van der Waals surface area contributed by atoms with Crippen molar-refractivity contribution in [1.29, 1.82) is 0 Å². The van der Waals surface area contributed by atoms with Crippen molar-refractivity contribution in [2.45, 2.75) is 38.8 Å². The fourth-order valence-electron chi connectivity index (χ4n) is 1.76. The van der Waals surface area contributed by atoms with Crippen molar-refractivity contribution in [2.24, 2.45) is 0 Å². The van der Waals surface area contributed by atoms with Gasteiger partial charge in [0.25, 0.3) is 0 Å². The largest absolute Gasteiger partial charge is 0.437 e. The second kappa shape index (κ2) is 5.40. The zero-order chi connectivity index (χ0) is 15.8. The molecule has 1 aromatic carbocycles. The van der Waals surface area contributed by atoms with Gasteiger partial charge in [0.05, 0.1) is 6.54 Å². The summed E-state index contributed by atoms with van der Waals surface area (Å²) in [4.78, 5) is 11.7. The third kappa shape index (κ3) is 3.36. The Hall–Kier alpha value is -2.02. The van der Waals surface area contributed by atoms with E-state index in [2.05, 4.69) is 5.10 Å². The Morgan fingerprint density at radius 2 is 2.05 bits per heavy atom. The van der Waals surface area contributed by atoms with E-state index in [1.807, 2.05) is 20.8 Å². The lowest BCUT2D eigenvalue weighted by atomic mass is 9.97. The molecular formula is C14H16F2N2O3. The Kier molecular flexibility index (Phi) is 3.95. The van der Waals surface area contributed by atoms with Crippen molar-refractivity contribution in [3.8, 4) is 0 Å². The van der Waals surface area contributed by atoms with Gasteiger partial charge in [-0.25, -0.2) is 13.6 Å². The van der Waals surface area contributed by atoms with Gasteiger partial charge >= 0.3 is 5.76 Å². The molecule has 0 spiro atoms. The number of aliphatic hydroxyl groups is 1. The summed E-state index contributed by atoms with van der Waals surface area (Å²) in [6.45, 7) is 5.18. The van der Waals surface area contributed by atoms with Crippen molar-refractivity contribution < 1.29 is 18.3 Å². The molecule has 114 valence electrons. The number of nitrogens with zero attached hydrogens (tertiary/aromatic N) is 2. The fraction of sp³-hybridized carbons (Fsp3) is 0.429. The van der Waals surface area contributed by atoms with Crippen LogP contribution in [-0.4, -0.2) is 14.9 Å². The molecule has 0 amide bonds. The van der Waals surface area contributed by atoms with Gasteiger partial charge < -0.3 is 9.52 Å². The Labute approximate surface area is 119 Å². The standard InChI is InChI=1S/C14H16F2N2O3/c1-14(2,3)12-17-18(13(20)21-12)7-11(19)9-5-4-8(15)6-10(9)16/h4-6,11,19H,7H2,1-3H3. The molecule has 1 heterocycles. The molecule has 7 heteroatoms. The Bertz CT molecular complexity index is 701. The van der Waals surface area contributed by atoms with Crippen LogP contribution in [-0.2, 0) is 12.0 Å². The van der Waals surface area contributed by atoms with Gasteiger partial charge in [-0.15, -0.1) is 5.10 Å². The fourth-order valence-corrected chi connectivity index (χ4v) is 1.76. The second-order valence-corrected chi connectivity index (χ2v) is 5.79. The molecule has 1 atom stereocenters. The van der Waals surface area contributed by atoms with Crippen LogP contribution in [0.4, 0.5) is 8.78 Å². The topological polar surface area (TPSA) is 68.3 Å². The first-order valence-corrected chi connectivity index (χ1v) is 6.40. The number of aliphatic hydroxyl groups excluding tert-OH is 1. The van der Waals surface area contributed by atoms with Crippen molar-refractivity contribution in [3.63, 3.8) is 0 Å². The van der Waals surface area contributed by atoms with Crippen LogP contribution in [0, 0.1) is 11.6 Å². The Morgan fingerprint density at radius 3 is 2.57 bits per heavy atom. The van der Waals surface area contributed by atoms with Gasteiger partial charge in [0.15, 0.2) is 0 Å². The molecule has 0 aliphatic carbocycles. The first kappa shape index (κ1) is 15.4. The zero-order valence-electron chi connectivity index (χ0n) is 11.9. The van der Waals surface area contributed by atoms with Gasteiger partial charge in [0.2, 0.25) is 5.89 Å². The van der Waals surface area contributed by atoms with E-state index < -0.39 is 28.9 Å². The lowest BCUT2D eigenvalue weighted by molar-refractivity contribution is 0.144. The maximum atomic E-state index is 13.6. The molecule has 1 aromatic heterocycles. The van der Waals surface area contributed by atoms with E-state index in [9.17, 15) is 18.7 Å². The van der Waals surface area contributed by atoms with E-state index in [4.69, 9.17) is 4.42 Å². The first-order chi connectivity index (χ1) is 9.68. The van der Waals surface area contributed by atoms with Crippen LogP contribution in [0.5, 0.6) is 0 Å². The highest BCUT2D eigenvalue weighted by Crippen LogP contribution is 2.21. The minimum Gasteiger partial charge on any atom is -0.392 e. The molecular weight excluding hydrogens is 282 g/mol. The molecule has 2 rings (SSSR count).